The van der Waals surface area contributed by atoms with E-state index in [2.05, 4.69) is 19.2 Å². The highest BCUT2D eigenvalue weighted by Gasteiger charge is 2.28. The first-order valence-electron chi connectivity index (χ1n) is 5.79. The summed E-state index contributed by atoms with van der Waals surface area (Å²) in [5.41, 5.74) is 0.781. The summed E-state index contributed by atoms with van der Waals surface area (Å²) in [6.45, 7) is 5.89. The molecule has 2 atom stereocenters. The molecule has 0 spiro atoms. The van der Waals surface area contributed by atoms with Gasteiger partial charge >= 0.3 is 0 Å². The maximum Gasteiger partial charge on any atom is 0.254 e. The van der Waals surface area contributed by atoms with Crippen molar-refractivity contribution in [2.45, 2.75) is 25.9 Å². The van der Waals surface area contributed by atoms with E-state index in [1.54, 1.807) is 0 Å². The maximum atomic E-state index is 12.3. The Bertz CT molecular complexity index is 369. The van der Waals surface area contributed by atoms with Gasteiger partial charge in [-0.25, -0.2) is 0 Å². The van der Waals surface area contributed by atoms with E-state index in [0.29, 0.717) is 6.04 Å². The van der Waals surface area contributed by atoms with Crippen LogP contribution in [-0.4, -0.2) is 36.0 Å². The minimum atomic E-state index is 0. The SMILES string of the molecule is CC1NCCN(C(=O)c2ccccc2)C1C.Cl. The molecule has 4 heteroatoms. The van der Waals surface area contributed by atoms with E-state index in [1.807, 2.05) is 35.2 Å². The highest BCUT2D eigenvalue weighted by Crippen LogP contribution is 2.13. The van der Waals surface area contributed by atoms with Gasteiger partial charge in [0, 0.05) is 30.7 Å². The van der Waals surface area contributed by atoms with Crippen LogP contribution < -0.4 is 5.32 Å². The Morgan fingerprint density at radius 2 is 1.94 bits per heavy atom. The van der Waals surface area contributed by atoms with E-state index in [-0.39, 0.29) is 24.4 Å². The van der Waals surface area contributed by atoms with E-state index in [1.165, 1.54) is 0 Å². The van der Waals surface area contributed by atoms with Crippen LogP contribution in [0.25, 0.3) is 0 Å². The number of rotatable bonds is 1. The van der Waals surface area contributed by atoms with E-state index in [4.69, 9.17) is 0 Å². The van der Waals surface area contributed by atoms with Crippen LogP contribution in [0.1, 0.15) is 24.2 Å². The monoisotopic (exact) mass is 254 g/mol. The lowest BCUT2D eigenvalue weighted by molar-refractivity contribution is 0.0603. The number of amides is 1. The molecule has 1 aromatic rings. The molecule has 0 aromatic heterocycles. The van der Waals surface area contributed by atoms with Gasteiger partial charge in [0.25, 0.3) is 5.91 Å². The van der Waals surface area contributed by atoms with Gasteiger partial charge in [-0.15, -0.1) is 12.4 Å². The lowest BCUT2D eigenvalue weighted by Crippen LogP contribution is -2.57. The van der Waals surface area contributed by atoms with Gasteiger partial charge in [0.05, 0.1) is 0 Å². The molecule has 1 aliphatic heterocycles. The molecule has 0 bridgehead atoms. The minimum absolute atomic E-state index is 0. The Morgan fingerprint density at radius 3 is 2.59 bits per heavy atom. The average Bonchev–Trinajstić information content (AvgIpc) is 2.33. The highest BCUT2D eigenvalue weighted by molar-refractivity contribution is 5.94. The van der Waals surface area contributed by atoms with E-state index in [9.17, 15) is 4.79 Å². The molecule has 1 aliphatic rings. The van der Waals surface area contributed by atoms with Crippen molar-refractivity contribution in [3.63, 3.8) is 0 Å². The molecule has 1 heterocycles. The van der Waals surface area contributed by atoms with Gasteiger partial charge in [0.1, 0.15) is 0 Å². The van der Waals surface area contributed by atoms with Crippen molar-refractivity contribution < 1.29 is 4.79 Å². The summed E-state index contributed by atoms with van der Waals surface area (Å²) in [5.74, 6) is 0.140. The Labute approximate surface area is 109 Å². The van der Waals surface area contributed by atoms with Crippen molar-refractivity contribution in [1.29, 1.82) is 0 Å². The second-order valence-corrected chi connectivity index (χ2v) is 4.35. The van der Waals surface area contributed by atoms with Crippen LogP contribution in [0.15, 0.2) is 30.3 Å². The van der Waals surface area contributed by atoms with Gasteiger partial charge in [-0.3, -0.25) is 4.79 Å². The van der Waals surface area contributed by atoms with Crippen molar-refractivity contribution in [2.75, 3.05) is 13.1 Å². The second-order valence-electron chi connectivity index (χ2n) is 4.35. The van der Waals surface area contributed by atoms with Gasteiger partial charge in [-0.1, -0.05) is 18.2 Å². The number of piperazine rings is 1. The van der Waals surface area contributed by atoms with Crippen molar-refractivity contribution in [2.24, 2.45) is 0 Å². The topological polar surface area (TPSA) is 32.3 Å². The summed E-state index contributed by atoms with van der Waals surface area (Å²) in [6.07, 6.45) is 0. The Morgan fingerprint density at radius 1 is 1.29 bits per heavy atom. The third-order valence-corrected chi connectivity index (χ3v) is 3.32. The van der Waals surface area contributed by atoms with Crippen LogP contribution in [0.2, 0.25) is 0 Å². The zero-order valence-electron chi connectivity index (χ0n) is 10.2. The van der Waals surface area contributed by atoms with Gasteiger partial charge < -0.3 is 10.2 Å². The fourth-order valence-corrected chi connectivity index (χ4v) is 2.09. The largest absolute Gasteiger partial charge is 0.333 e. The highest BCUT2D eigenvalue weighted by atomic mass is 35.5. The first-order valence-corrected chi connectivity index (χ1v) is 5.79. The normalized spacial score (nSPS) is 24.0. The number of carbonyl (C=O) groups is 1. The first-order chi connectivity index (χ1) is 7.70. The lowest BCUT2D eigenvalue weighted by atomic mass is 10.1. The fraction of sp³-hybridized carbons (Fsp3) is 0.462. The van der Waals surface area contributed by atoms with Crippen molar-refractivity contribution in [3.8, 4) is 0 Å². The number of carbonyl (C=O) groups excluding carboxylic acids is 1. The molecule has 2 unspecified atom stereocenters. The molecular weight excluding hydrogens is 236 g/mol. The smallest absolute Gasteiger partial charge is 0.254 e. The van der Waals surface area contributed by atoms with Crippen LogP contribution in [0, 0.1) is 0 Å². The zero-order valence-corrected chi connectivity index (χ0v) is 11.0. The Balaban J connectivity index is 0.00000144. The van der Waals surface area contributed by atoms with Gasteiger partial charge in [-0.2, -0.15) is 0 Å². The van der Waals surface area contributed by atoms with Crippen molar-refractivity contribution in [1.82, 2.24) is 10.2 Å². The molecule has 94 valence electrons. The molecule has 1 saturated heterocycles. The van der Waals surface area contributed by atoms with Crippen LogP contribution in [0.5, 0.6) is 0 Å². The van der Waals surface area contributed by atoms with Crippen LogP contribution in [-0.2, 0) is 0 Å². The summed E-state index contributed by atoms with van der Waals surface area (Å²) in [4.78, 5) is 14.2. The third kappa shape index (κ3) is 2.99. The lowest BCUT2D eigenvalue weighted by Gasteiger charge is -2.38. The Kier molecular flexibility index (Phi) is 4.97. The molecule has 0 aliphatic carbocycles. The van der Waals surface area contributed by atoms with Crippen molar-refractivity contribution in [3.05, 3.63) is 35.9 Å². The number of hydrogen-bond acceptors (Lipinski definition) is 2. The summed E-state index contributed by atoms with van der Waals surface area (Å²) < 4.78 is 0. The molecule has 1 N–H and O–H groups in total. The summed E-state index contributed by atoms with van der Waals surface area (Å²) >= 11 is 0. The van der Waals surface area contributed by atoms with E-state index >= 15 is 0 Å². The number of benzene rings is 1. The molecular formula is C13H19ClN2O. The fourth-order valence-electron chi connectivity index (χ4n) is 2.09. The van der Waals surface area contributed by atoms with E-state index < -0.39 is 0 Å². The number of nitrogens with zero attached hydrogens (tertiary/aromatic N) is 1. The van der Waals surface area contributed by atoms with Crippen LogP contribution in [0.3, 0.4) is 0 Å². The standard InChI is InChI=1S/C13H18N2O.ClH/c1-10-11(2)15(9-8-14-10)13(16)12-6-4-3-5-7-12;/h3-7,10-11,14H,8-9H2,1-2H3;1H. The molecule has 0 radical (unpaired) electrons. The molecule has 3 nitrogen and oxygen atoms in total. The number of hydrogen-bond donors (Lipinski definition) is 1. The van der Waals surface area contributed by atoms with Gasteiger partial charge in [0.2, 0.25) is 0 Å². The summed E-state index contributed by atoms with van der Waals surface area (Å²) in [6, 6.07) is 10.1. The second kappa shape index (κ2) is 6.03. The number of nitrogens with one attached hydrogen (secondary N) is 1. The maximum absolute atomic E-state index is 12.3. The predicted molar refractivity (Wildman–Crippen MR) is 71.7 cm³/mol. The Hall–Kier alpha value is -1.06. The molecule has 1 aromatic carbocycles. The predicted octanol–water partition coefficient (Wildman–Crippen LogP) is 1.93. The first kappa shape index (κ1) is 14.0. The zero-order chi connectivity index (χ0) is 11.5. The van der Waals surface area contributed by atoms with Gasteiger partial charge in [0.15, 0.2) is 0 Å². The van der Waals surface area contributed by atoms with Crippen molar-refractivity contribution >= 4 is 18.3 Å². The minimum Gasteiger partial charge on any atom is -0.333 e. The third-order valence-electron chi connectivity index (χ3n) is 3.32. The summed E-state index contributed by atoms with van der Waals surface area (Å²) in [7, 11) is 0. The van der Waals surface area contributed by atoms with Gasteiger partial charge in [-0.05, 0) is 26.0 Å². The number of halogens is 1. The van der Waals surface area contributed by atoms with Crippen LogP contribution >= 0.6 is 12.4 Å². The van der Waals surface area contributed by atoms with Crippen LogP contribution in [0.4, 0.5) is 0 Å². The average molecular weight is 255 g/mol. The molecule has 17 heavy (non-hydrogen) atoms. The quantitative estimate of drug-likeness (QED) is 0.831. The molecule has 1 amide bonds. The molecule has 0 saturated carbocycles. The molecule has 2 rings (SSSR count). The summed E-state index contributed by atoms with van der Waals surface area (Å²) in [5, 5.41) is 3.37. The van der Waals surface area contributed by atoms with E-state index in [0.717, 1.165) is 18.7 Å². The molecule has 1 fully saturated rings.